The Hall–Kier alpha value is -1.00. The molecule has 0 aliphatic rings. The van der Waals surface area contributed by atoms with Gasteiger partial charge in [0.25, 0.3) is 0 Å². The van der Waals surface area contributed by atoms with E-state index in [4.69, 9.17) is 5.84 Å². The molecule has 1 heterocycles. The number of hydrogen-bond acceptors (Lipinski definition) is 4. The Kier molecular flexibility index (Phi) is 3.98. The first kappa shape index (κ1) is 11.1. The molecule has 4 nitrogen and oxygen atoms in total. The van der Waals surface area contributed by atoms with Gasteiger partial charge in [0, 0.05) is 6.04 Å². The van der Waals surface area contributed by atoms with E-state index in [9.17, 15) is 0 Å². The summed E-state index contributed by atoms with van der Waals surface area (Å²) in [5.41, 5.74) is 5.94. The maximum absolute atomic E-state index is 5.49. The minimum absolute atomic E-state index is 0.180. The van der Waals surface area contributed by atoms with Crippen molar-refractivity contribution in [3.05, 3.63) is 23.0 Å². The van der Waals surface area contributed by atoms with Crippen molar-refractivity contribution < 1.29 is 0 Å². The fourth-order valence-electron chi connectivity index (χ4n) is 1.54. The second kappa shape index (κ2) is 5.02. The molecule has 3 N–H and O–H groups in total. The van der Waals surface area contributed by atoms with Crippen LogP contribution in [0.3, 0.4) is 0 Å². The molecule has 1 unspecified atom stereocenters. The minimum Gasteiger partial charge on any atom is -0.271 e. The molecule has 0 saturated heterocycles. The van der Waals surface area contributed by atoms with Crippen molar-refractivity contribution in [1.82, 2.24) is 15.6 Å². The SMILES string of the molecule is CCc1nnc(C)cc1C(CC)NN. The van der Waals surface area contributed by atoms with Gasteiger partial charge in [-0.15, -0.1) is 0 Å². The zero-order valence-corrected chi connectivity index (χ0v) is 9.04. The van der Waals surface area contributed by atoms with Crippen LogP contribution in [0.2, 0.25) is 0 Å². The number of nitrogens with one attached hydrogen (secondary N) is 1. The van der Waals surface area contributed by atoms with Crippen molar-refractivity contribution in [3.8, 4) is 0 Å². The quantitative estimate of drug-likeness (QED) is 0.559. The van der Waals surface area contributed by atoms with Gasteiger partial charge in [0.1, 0.15) is 0 Å². The highest BCUT2D eigenvalue weighted by Crippen LogP contribution is 2.19. The van der Waals surface area contributed by atoms with Gasteiger partial charge in [-0.05, 0) is 31.4 Å². The van der Waals surface area contributed by atoms with Crippen molar-refractivity contribution in [1.29, 1.82) is 0 Å². The summed E-state index contributed by atoms with van der Waals surface area (Å²) in [6.45, 7) is 6.12. The first-order valence-corrected chi connectivity index (χ1v) is 5.02. The number of hydrogen-bond donors (Lipinski definition) is 2. The second-order valence-corrected chi connectivity index (χ2v) is 3.37. The lowest BCUT2D eigenvalue weighted by atomic mass is 10.0. The lowest BCUT2D eigenvalue weighted by Crippen LogP contribution is -2.28. The molecule has 0 fully saturated rings. The molecule has 0 spiro atoms. The minimum atomic E-state index is 0.180. The molecule has 0 aliphatic heterocycles. The summed E-state index contributed by atoms with van der Waals surface area (Å²) in [7, 11) is 0. The molecule has 14 heavy (non-hydrogen) atoms. The summed E-state index contributed by atoms with van der Waals surface area (Å²) >= 11 is 0. The molecular weight excluding hydrogens is 176 g/mol. The van der Waals surface area contributed by atoms with Crippen molar-refractivity contribution >= 4 is 0 Å². The van der Waals surface area contributed by atoms with Gasteiger partial charge in [-0.1, -0.05) is 13.8 Å². The van der Waals surface area contributed by atoms with Crippen LogP contribution in [0.5, 0.6) is 0 Å². The van der Waals surface area contributed by atoms with Crippen LogP contribution in [0.1, 0.15) is 43.3 Å². The Labute approximate surface area is 84.9 Å². The third-order valence-corrected chi connectivity index (χ3v) is 2.35. The number of aromatic nitrogens is 2. The maximum atomic E-state index is 5.49. The van der Waals surface area contributed by atoms with Gasteiger partial charge < -0.3 is 0 Å². The summed E-state index contributed by atoms with van der Waals surface area (Å²) in [6.07, 6.45) is 1.84. The molecule has 1 aromatic heterocycles. The van der Waals surface area contributed by atoms with E-state index in [0.717, 1.165) is 24.2 Å². The van der Waals surface area contributed by atoms with Crippen LogP contribution in [-0.4, -0.2) is 10.2 Å². The van der Waals surface area contributed by atoms with Gasteiger partial charge in [-0.2, -0.15) is 10.2 Å². The number of rotatable bonds is 4. The summed E-state index contributed by atoms with van der Waals surface area (Å²) in [4.78, 5) is 0. The van der Waals surface area contributed by atoms with E-state index in [1.165, 1.54) is 5.56 Å². The summed E-state index contributed by atoms with van der Waals surface area (Å²) in [5, 5.41) is 8.21. The largest absolute Gasteiger partial charge is 0.271 e. The Morgan fingerprint density at radius 1 is 1.43 bits per heavy atom. The second-order valence-electron chi connectivity index (χ2n) is 3.37. The van der Waals surface area contributed by atoms with Crippen molar-refractivity contribution in [3.63, 3.8) is 0 Å². The molecule has 4 heteroatoms. The fourth-order valence-corrected chi connectivity index (χ4v) is 1.54. The molecule has 0 aliphatic carbocycles. The van der Waals surface area contributed by atoms with E-state index in [-0.39, 0.29) is 6.04 Å². The number of nitrogens with two attached hydrogens (primary N) is 1. The van der Waals surface area contributed by atoms with Crippen LogP contribution in [0.4, 0.5) is 0 Å². The van der Waals surface area contributed by atoms with E-state index < -0.39 is 0 Å². The smallest absolute Gasteiger partial charge is 0.0676 e. The Morgan fingerprint density at radius 2 is 2.14 bits per heavy atom. The number of nitrogens with zero attached hydrogens (tertiary/aromatic N) is 2. The van der Waals surface area contributed by atoms with Gasteiger partial charge in [0.15, 0.2) is 0 Å². The fraction of sp³-hybridized carbons (Fsp3) is 0.600. The highest BCUT2D eigenvalue weighted by molar-refractivity contribution is 5.24. The molecular formula is C10H18N4. The molecule has 0 saturated carbocycles. The molecule has 78 valence electrons. The maximum Gasteiger partial charge on any atom is 0.0676 e. The van der Waals surface area contributed by atoms with E-state index in [1.807, 2.05) is 6.92 Å². The Bertz CT molecular complexity index is 294. The lowest BCUT2D eigenvalue weighted by Gasteiger charge is -2.16. The topological polar surface area (TPSA) is 63.8 Å². The van der Waals surface area contributed by atoms with Gasteiger partial charge in [-0.25, -0.2) is 0 Å². The van der Waals surface area contributed by atoms with Crippen LogP contribution < -0.4 is 11.3 Å². The van der Waals surface area contributed by atoms with E-state index in [0.29, 0.717) is 0 Å². The van der Waals surface area contributed by atoms with Gasteiger partial charge in [-0.3, -0.25) is 11.3 Å². The van der Waals surface area contributed by atoms with Crippen LogP contribution in [-0.2, 0) is 6.42 Å². The highest BCUT2D eigenvalue weighted by atomic mass is 15.2. The molecule has 1 rings (SSSR count). The monoisotopic (exact) mass is 194 g/mol. The highest BCUT2D eigenvalue weighted by Gasteiger charge is 2.12. The van der Waals surface area contributed by atoms with Crippen molar-refractivity contribution in [2.45, 2.75) is 39.7 Å². The van der Waals surface area contributed by atoms with Crippen molar-refractivity contribution in [2.75, 3.05) is 0 Å². The van der Waals surface area contributed by atoms with E-state index in [2.05, 4.69) is 35.5 Å². The molecule has 0 amide bonds. The molecule has 0 bridgehead atoms. The summed E-state index contributed by atoms with van der Waals surface area (Å²) in [6, 6.07) is 2.24. The average molecular weight is 194 g/mol. The Balaban J connectivity index is 3.08. The molecule has 1 aromatic rings. The number of hydrazine groups is 1. The standard InChI is InChI=1S/C10H18N4/c1-4-9(12-11)8-6-7(3)13-14-10(8)5-2/h6,9,12H,4-5,11H2,1-3H3. The van der Waals surface area contributed by atoms with Gasteiger partial charge in [0.2, 0.25) is 0 Å². The lowest BCUT2D eigenvalue weighted by molar-refractivity contribution is 0.529. The third-order valence-electron chi connectivity index (χ3n) is 2.35. The predicted molar refractivity (Wildman–Crippen MR) is 56.5 cm³/mol. The summed E-state index contributed by atoms with van der Waals surface area (Å²) < 4.78 is 0. The van der Waals surface area contributed by atoms with Gasteiger partial charge in [0.05, 0.1) is 11.4 Å². The first-order chi connectivity index (χ1) is 6.72. The molecule has 0 radical (unpaired) electrons. The average Bonchev–Trinajstić information content (AvgIpc) is 2.20. The normalized spacial score (nSPS) is 12.9. The van der Waals surface area contributed by atoms with E-state index >= 15 is 0 Å². The van der Waals surface area contributed by atoms with Crippen LogP contribution in [0.25, 0.3) is 0 Å². The van der Waals surface area contributed by atoms with Gasteiger partial charge >= 0.3 is 0 Å². The van der Waals surface area contributed by atoms with Crippen LogP contribution in [0, 0.1) is 6.92 Å². The molecule has 1 atom stereocenters. The predicted octanol–water partition coefficient (Wildman–Crippen LogP) is 1.26. The third kappa shape index (κ3) is 2.27. The molecule has 0 aromatic carbocycles. The van der Waals surface area contributed by atoms with E-state index in [1.54, 1.807) is 0 Å². The van der Waals surface area contributed by atoms with Crippen LogP contribution >= 0.6 is 0 Å². The number of aryl methyl sites for hydroxylation is 2. The van der Waals surface area contributed by atoms with Crippen LogP contribution in [0.15, 0.2) is 6.07 Å². The zero-order chi connectivity index (χ0) is 10.6. The first-order valence-electron chi connectivity index (χ1n) is 5.02. The summed E-state index contributed by atoms with van der Waals surface area (Å²) in [5.74, 6) is 5.49. The van der Waals surface area contributed by atoms with Crippen molar-refractivity contribution in [2.24, 2.45) is 5.84 Å². The zero-order valence-electron chi connectivity index (χ0n) is 9.04. The Morgan fingerprint density at radius 3 is 2.64 bits per heavy atom.